The molecule has 2 heterocycles. The van der Waals surface area contributed by atoms with Gasteiger partial charge in [-0.1, -0.05) is 0 Å². The van der Waals surface area contributed by atoms with Crippen LogP contribution in [-0.2, 0) is 11.2 Å². The molecule has 1 aliphatic heterocycles. The van der Waals surface area contributed by atoms with Gasteiger partial charge < -0.3 is 14.8 Å². The fourth-order valence-electron chi connectivity index (χ4n) is 2.95. The number of nitrogens with zero attached hydrogens (tertiary/aromatic N) is 1. The van der Waals surface area contributed by atoms with Crippen LogP contribution in [0.2, 0.25) is 0 Å². The number of ether oxygens (including phenoxy) is 1. The Morgan fingerprint density at radius 1 is 1.45 bits per heavy atom. The molecule has 1 aromatic heterocycles. The number of halogens is 1. The number of likely N-dealkylation sites (tertiary alicyclic amines) is 1. The molecular formula is C15H19FN2O2. The Balaban J connectivity index is 1.59. The summed E-state index contributed by atoms with van der Waals surface area (Å²) in [5.41, 5.74) is 1.33. The minimum absolute atomic E-state index is 0.224. The lowest BCUT2D eigenvalue weighted by atomic mass is 9.94. The summed E-state index contributed by atoms with van der Waals surface area (Å²) in [6.45, 7) is 2.57. The highest BCUT2D eigenvalue weighted by atomic mass is 19.1. The highest BCUT2D eigenvalue weighted by molar-refractivity contribution is 5.83. The number of methoxy groups -OCH3 is 1. The first kappa shape index (κ1) is 13.5. The van der Waals surface area contributed by atoms with Crippen molar-refractivity contribution < 1.29 is 14.2 Å². The highest BCUT2D eigenvalue weighted by Gasteiger charge is 2.40. The number of aromatic amines is 1. The van der Waals surface area contributed by atoms with Gasteiger partial charge in [0.2, 0.25) is 0 Å². The molecule has 0 amide bonds. The van der Waals surface area contributed by atoms with Crippen LogP contribution in [0.3, 0.4) is 0 Å². The number of β-amino-alcohol motifs (C(OH)–C–C–N with tert-alkyl or cyclic N) is 1. The molecule has 1 aromatic carbocycles. The molecule has 0 aliphatic carbocycles. The second-order valence-corrected chi connectivity index (χ2v) is 5.62. The van der Waals surface area contributed by atoms with Gasteiger partial charge in [-0.2, -0.15) is 0 Å². The third-order valence-electron chi connectivity index (χ3n) is 3.88. The monoisotopic (exact) mass is 278 g/mol. The van der Waals surface area contributed by atoms with E-state index in [-0.39, 0.29) is 5.82 Å². The smallest absolute Gasteiger partial charge is 0.125 e. The first-order valence-electron chi connectivity index (χ1n) is 6.79. The zero-order valence-electron chi connectivity index (χ0n) is 11.5. The van der Waals surface area contributed by atoms with Crippen LogP contribution in [0.5, 0.6) is 0 Å². The van der Waals surface area contributed by atoms with E-state index >= 15 is 0 Å². The predicted octanol–water partition coefficient (Wildman–Crippen LogP) is 1.54. The van der Waals surface area contributed by atoms with Gasteiger partial charge in [0.05, 0.1) is 6.61 Å². The summed E-state index contributed by atoms with van der Waals surface area (Å²) in [7, 11) is 1.60. The van der Waals surface area contributed by atoms with E-state index in [1.54, 1.807) is 7.11 Å². The summed E-state index contributed by atoms with van der Waals surface area (Å²) >= 11 is 0. The zero-order chi connectivity index (χ0) is 14.2. The second-order valence-electron chi connectivity index (χ2n) is 5.62. The van der Waals surface area contributed by atoms with Gasteiger partial charge >= 0.3 is 0 Å². The SMILES string of the molecule is COCC1(O)CN(CCc2c[nH]c3cc(F)ccc23)C1. The number of aromatic nitrogens is 1. The fourth-order valence-corrected chi connectivity index (χ4v) is 2.95. The van der Waals surface area contributed by atoms with Crippen molar-refractivity contribution in [3.05, 3.63) is 35.8 Å². The fraction of sp³-hybridized carbons (Fsp3) is 0.467. The van der Waals surface area contributed by atoms with E-state index in [9.17, 15) is 9.50 Å². The number of rotatable bonds is 5. The minimum Gasteiger partial charge on any atom is -0.385 e. The van der Waals surface area contributed by atoms with E-state index in [1.165, 1.54) is 17.7 Å². The average molecular weight is 278 g/mol. The van der Waals surface area contributed by atoms with Crippen molar-refractivity contribution in [3.63, 3.8) is 0 Å². The number of H-pyrrole nitrogens is 1. The van der Waals surface area contributed by atoms with Crippen LogP contribution in [0.25, 0.3) is 10.9 Å². The molecule has 1 aliphatic rings. The van der Waals surface area contributed by atoms with Crippen LogP contribution in [0.4, 0.5) is 4.39 Å². The molecule has 20 heavy (non-hydrogen) atoms. The average Bonchev–Trinajstić information content (AvgIpc) is 2.76. The lowest BCUT2D eigenvalue weighted by molar-refractivity contribution is -0.132. The molecule has 4 nitrogen and oxygen atoms in total. The van der Waals surface area contributed by atoms with Gasteiger partial charge in [-0.3, -0.25) is 4.90 Å². The Morgan fingerprint density at radius 2 is 2.25 bits per heavy atom. The maximum atomic E-state index is 13.1. The van der Waals surface area contributed by atoms with Gasteiger partial charge in [0.15, 0.2) is 0 Å². The first-order valence-corrected chi connectivity index (χ1v) is 6.79. The topological polar surface area (TPSA) is 48.5 Å². The number of aliphatic hydroxyl groups is 1. The Bertz CT molecular complexity index is 605. The van der Waals surface area contributed by atoms with Crippen molar-refractivity contribution in [2.45, 2.75) is 12.0 Å². The van der Waals surface area contributed by atoms with E-state index in [1.807, 2.05) is 12.3 Å². The molecule has 5 heteroatoms. The van der Waals surface area contributed by atoms with Gasteiger partial charge in [-0.05, 0) is 30.2 Å². The number of benzene rings is 1. The van der Waals surface area contributed by atoms with Crippen molar-refractivity contribution in [3.8, 4) is 0 Å². The number of fused-ring (bicyclic) bond motifs is 1. The first-order chi connectivity index (χ1) is 9.59. The van der Waals surface area contributed by atoms with E-state index in [0.717, 1.165) is 23.9 Å². The highest BCUT2D eigenvalue weighted by Crippen LogP contribution is 2.23. The third kappa shape index (κ3) is 2.57. The molecule has 0 radical (unpaired) electrons. The molecule has 0 spiro atoms. The molecule has 3 rings (SSSR count). The van der Waals surface area contributed by atoms with Gasteiger partial charge in [0.25, 0.3) is 0 Å². The maximum absolute atomic E-state index is 13.1. The van der Waals surface area contributed by atoms with Crippen molar-refractivity contribution in [1.82, 2.24) is 9.88 Å². The number of hydrogen-bond acceptors (Lipinski definition) is 3. The van der Waals surface area contributed by atoms with Crippen LogP contribution in [0.1, 0.15) is 5.56 Å². The molecule has 2 aromatic rings. The second kappa shape index (κ2) is 5.16. The van der Waals surface area contributed by atoms with Crippen molar-refractivity contribution in [1.29, 1.82) is 0 Å². The maximum Gasteiger partial charge on any atom is 0.125 e. The molecule has 1 saturated heterocycles. The Hall–Kier alpha value is -1.43. The summed E-state index contributed by atoms with van der Waals surface area (Å²) in [5, 5.41) is 11.1. The Kier molecular flexibility index (Phi) is 3.50. The van der Waals surface area contributed by atoms with E-state index in [2.05, 4.69) is 9.88 Å². The van der Waals surface area contributed by atoms with Crippen LogP contribution < -0.4 is 0 Å². The van der Waals surface area contributed by atoms with Crippen LogP contribution in [-0.4, -0.2) is 53.9 Å². The van der Waals surface area contributed by atoms with Gasteiger partial charge in [0.1, 0.15) is 11.4 Å². The molecule has 0 saturated carbocycles. The van der Waals surface area contributed by atoms with E-state index in [0.29, 0.717) is 19.7 Å². The van der Waals surface area contributed by atoms with E-state index < -0.39 is 5.60 Å². The number of nitrogens with one attached hydrogen (secondary N) is 1. The molecule has 1 fully saturated rings. The molecule has 2 N–H and O–H groups in total. The van der Waals surface area contributed by atoms with Crippen molar-refractivity contribution >= 4 is 10.9 Å². The summed E-state index contributed by atoms with van der Waals surface area (Å²) in [6.07, 6.45) is 2.82. The summed E-state index contributed by atoms with van der Waals surface area (Å²) in [4.78, 5) is 5.29. The molecule has 0 bridgehead atoms. The van der Waals surface area contributed by atoms with Crippen LogP contribution >= 0.6 is 0 Å². The summed E-state index contributed by atoms with van der Waals surface area (Å²) < 4.78 is 18.1. The van der Waals surface area contributed by atoms with Crippen LogP contribution in [0, 0.1) is 5.82 Å². The lowest BCUT2D eigenvalue weighted by Crippen LogP contribution is -2.64. The standard InChI is InChI=1S/C15H19FN2O2/c1-20-10-15(19)8-18(9-15)5-4-11-7-17-14-6-12(16)2-3-13(11)14/h2-3,6-7,17,19H,4-5,8-10H2,1H3. The van der Waals surface area contributed by atoms with Gasteiger partial charge in [0, 0.05) is 43.8 Å². The summed E-state index contributed by atoms with van der Waals surface area (Å²) in [6, 6.07) is 4.81. The zero-order valence-corrected chi connectivity index (χ0v) is 11.5. The van der Waals surface area contributed by atoms with Gasteiger partial charge in [-0.15, -0.1) is 0 Å². The molecule has 108 valence electrons. The van der Waals surface area contributed by atoms with Crippen molar-refractivity contribution in [2.75, 3.05) is 33.4 Å². The van der Waals surface area contributed by atoms with Gasteiger partial charge in [-0.25, -0.2) is 4.39 Å². The Morgan fingerprint density at radius 3 is 3.00 bits per heavy atom. The minimum atomic E-state index is -0.682. The summed E-state index contributed by atoms with van der Waals surface area (Å²) in [5.74, 6) is -0.224. The van der Waals surface area contributed by atoms with Crippen molar-refractivity contribution in [2.24, 2.45) is 0 Å². The van der Waals surface area contributed by atoms with Crippen LogP contribution in [0.15, 0.2) is 24.4 Å². The largest absolute Gasteiger partial charge is 0.385 e. The molecule has 0 unspecified atom stereocenters. The predicted molar refractivity (Wildman–Crippen MR) is 75.2 cm³/mol. The quantitative estimate of drug-likeness (QED) is 0.872. The molecular weight excluding hydrogens is 259 g/mol. The van der Waals surface area contributed by atoms with E-state index in [4.69, 9.17) is 4.74 Å². The lowest BCUT2D eigenvalue weighted by Gasteiger charge is -2.46. The molecule has 0 atom stereocenters. The number of hydrogen-bond donors (Lipinski definition) is 2. The Labute approximate surface area is 117 Å². The normalized spacial score (nSPS) is 18.4. The third-order valence-corrected chi connectivity index (χ3v) is 3.88.